The molecular formula is C16H23O5P. The van der Waals surface area contributed by atoms with E-state index in [1.807, 2.05) is 37.3 Å². The summed E-state index contributed by atoms with van der Waals surface area (Å²) in [7, 11) is -0.600. The lowest BCUT2D eigenvalue weighted by Crippen LogP contribution is -2.27. The molecule has 0 spiro atoms. The fraction of sp³-hybridized carbons (Fsp3) is 0.500. The first-order chi connectivity index (χ1) is 10.6. The Hall–Kier alpha value is -1.13. The molecule has 0 amide bonds. The van der Waals surface area contributed by atoms with Crippen molar-refractivity contribution < 1.29 is 23.1 Å². The van der Waals surface area contributed by atoms with Gasteiger partial charge in [-0.25, -0.2) is 0 Å². The highest BCUT2D eigenvalue weighted by Gasteiger charge is 2.42. The second-order valence-electron chi connectivity index (χ2n) is 5.01. The number of allylic oxidation sites excluding steroid dienone is 2. The van der Waals surface area contributed by atoms with Crippen LogP contribution in [0.3, 0.4) is 0 Å². The van der Waals surface area contributed by atoms with Gasteiger partial charge in [0.25, 0.3) is 0 Å². The molecule has 6 heteroatoms. The van der Waals surface area contributed by atoms with Crippen LogP contribution >= 0.6 is 7.60 Å². The summed E-state index contributed by atoms with van der Waals surface area (Å²) in [4.78, 5) is 0. The minimum atomic E-state index is -3.38. The van der Waals surface area contributed by atoms with Gasteiger partial charge in [0.05, 0.1) is 5.31 Å². The van der Waals surface area contributed by atoms with Gasteiger partial charge in [0, 0.05) is 33.2 Å². The highest BCUT2D eigenvalue weighted by atomic mass is 31.2. The van der Waals surface area contributed by atoms with Crippen molar-refractivity contribution in [1.82, 2.24) is 0 Å². The van der Waals surface area contributed by atoms with Crippen LogP contribution in [0.4, 0.5) is 0 Å². The van der Waals surface area contributed by atoms with Crippen LogP contribution in [-0.4, -0.2) is 27.1 Å². The summed E-state index contributed by atoms with van der Waals surface area (Å²) in [6, 6.07) is 9.87. The monoisotopic (exact) mass is 326 g/mol. The standard InChI is InChI=1S/C16H23O5P/c1-5-20-15-11-14(13-9-7-6-8-10-13)16(12(2)21-15)22(17,18-3)19-4/h6-10,14-15H,5,11H2,1-4H3/t14-,15-/m0/s1. The van der Waals surface area contributed by atoms with Crippen molar-refractivity contribution in [2.24, 2.45) is 0 Å². The average Bonchev–Trinajstić information content (AvgIpc) is 2.55. The molecule has 1 heterocycles. The van der Waals surface area contributed by atoms with Crippen molar-refractivity contribution in [3.63, 3.8) is 0 Å². The van der Waals surface area contributed by atoms with Gasteiger partial charge in [0.15, 0.2) is 6.29 Å². The van der Waals surface area contributed by atoms with Crippen molar-refractivity contribution >= 4 is 7.60 Å². The van der Waals surface area contributed by atoms with Gasteiger partial charge < -0.3 is 18.5 Å². The first-order valence-electron chi connectivity index (χ1n) is 7.31. The van der Waals surface area contributed by atoms with Gasteiger partial charge in [-0.05, 0) is 19.4 Å². The molecule has 0 radical (unpaired) electrons. The molecule has 2 atom stereocenters. The molecule has 122 valence electrons. The van der Waals surface area contributed by atoms with Crippen LogP contribution < -0.4 is 0 Å². The summed E-state index contributed by atoms with van der Waals surface area (Å²) in [5.41, 5.74) is 1.04. The number of benzene rings is 1. The molecule has 0 N–H and O–H groups in total. The van der Waals surface area contributed by atoms with Gasteiger partial charge in [-0.1, -0.05) is 30.3 Å². The summed E-state index contributed by atoms with van der Waals surface area (Å²) < 4.78 is 34.7. The Labute approximate surface area is 131 Å². The largest absolute Gasteiger partial charge is 0.469 e. The zero-order valence-corrected chi connectivity index (χ0v) is 14.3. The topological polar surface area (TPSA) is 54.0 Å². The summed E-state index contributed by atoms with van der Waals surface area (Å²) in [5, 5.41) is 0.569. The highest BCUT2D eigenvalue weighted by molar-refractivity contribution is 7.58. The van der Waals surface area contributed by atoms with Crippen molar-refractivity contribution in [3.05, 3.63) is 47.0 Å². The molecule has 5 nitrogen and oxygen atoms in total. The first-order valence-corrected chi connectivity index (χ1v) is 8.86. The molecule has 0 aliphatic carbocycles. The van der Waals surface area contributed by atoms with Gasteiger partial charge in [-0.2, -0.15) is 0 Å². The number of hydrogen-bond acceptors (Lipinski definition) is 5. The lowest BCUT2D eigenvalue weighted by molar-refractivity contribution is -0.125. The van der Waals surface area contributed by atoms with Crippen LogP contribution in [0.2, 0.25) is 0 Å². The van der Waals surface area contributed by atoms with Crippen LogP contribution in [0.1, 0.15) is 31.7 Å². The predicted molar refractivity (Wildman–Crippen MR) is 84.6 cm³/mol. The molecule has 1 aliphatic rings. The number of hydrogen-bond donors (Lipinski definition) is 0. The van der Waals surface area contributed by atoms with E-state index in [2.05, 4.69) is 0 Å². The van der Waals surface area contributed by atoms with E-state index in [4.69, 9.17) is 18.5 Å². The normalized spacial score (nSPS) is 22.5. The van der Waals surface area contributed by atoms with Crippen molar-refractivity contribution in [3.8, 4) is 0 Å². The molecule has 1 aromatic rings. The Kier molecular flexibility index (Phi) is 5.81. The summed E-state index contributed by atoms with van der Waals surface area (Å²) in [6.45, 7) is 4.26. The second-order valence-corrected chi connectivity index (χ2v) is 7.21. The third kappa shape index (κ3) is 3.44. The second kappa shape index (κ2) is 7.42. The minimum Gasteiger partial charge on any atom is -0.469 e. The van der Waals surface area contributed by atoms with E-state index in [0.29, 0.717) is 24.1 Å². The molecule has 22 heavy (non-hydrogen) atoms. The maximum Gasteiger partial charge on any atom is 0.360 e. The van der Waals surface area contributed by atoms with Crippen molar-refractivity contribution in [1.29, 1.82) is 0 Å². The van der Waals surface area contributed by atoms with E-state index >= 15 is 0 Å². The summed E-state index contributed by atoms with van der Waals surface area (Å²) in [6.07, 6.45) is 0.211. The molecule has 1 aromatic carbocycles. The first kappa shape index (κ1) is 17.2. The maximum atomic E-state index is 12.9. The molecule has 0 aromatic heterocycles. The van der Waals surface area contributed by atoms with E-state index in [1.54, 1.807) is 6.92 Å². The van der Waals surface area contributed by atoms with Crippen LogP contribution in [0.15, 0.2) is 41.4 Å². The molecular weight excluding hydrogens is 303 g/mol. The van der Waals surface area contributed by atoms with Crippen LogP contribution in [-0.2, 0) is 23.1 Å². The third-order valence-corrected chi connectivity index (χ3v) is 5.94. The number of rotatable bonds is 6. The van der Waals surface area contributed by atoms with Crippen LogP contribution in [0, 0.1) is 0 Å². The molecule has 1 aliphatic heterocycles. The van der Waals surface area contributed by atoms with Gasteiger partial charge >= 0.3 is 7.60 Å². The van der Waals surface area contributed by atoms with E-state index < -0.39 is 7.60 Å². The Balaban J connectivity index is 2.49. The average molecular weight is 326 g/mol. The molecule has 0 saturated carbocycles. The Morgan fingerprint density at radius 3 is 2.41 bits per heavy atom. The van der Waals surface area contributed by atoms with Gasteiger partial charge in [0.2, 0.25) is 0 Å². The Morgan fingerprint density at radius 2 is 1.86 bits per heavy atom. The maximum absolute atomic E-state index is 12.9. The van der Waals surface area contributed by atoms with Crippen molar-refractivity contribution in [2.45, 2.75) is 32.5 Å². The van der Waals surface area contributed by atoms with E-state index in [1.165, 1.54) is 14.2 Å². The third-order valence-electron chi connectivity index (χ3n) is 3.76. The van der Waals surface area contributed by atoms with E-state index in [-0.39, 0.29) is 12.2 Å². The molecule has 0 fully saturated rings. The highest BCUT2D eigenvalue weighted by Crippen LogP contribution is 2.63. The van der Waals surface area contributed by atoms with E-state index in [0.717, 1.165) is 5.56 Å². The van der Waals surface area contributed by atoms with Crippen molar-refractivity contribution in [2.75, 3.05) is 20.8 Å². The zero-order chi connectivity index (χ0) is 16.2. The lowest BCUT2D eigenvalue weighted by atomic mass is 9.93. The lowest BCUT2D eigenvalue weighted by Gasteiger charge is -2.35. The summed E-state index contributed by atoms with van der Waals surface area (Å²) in [5.74, 6) is 0.419. The fourth-order valence-corrected chi connectivity index (χ4v) is 4.39. The molecule has 2 rings (SSSR count). The molecule has 0 bridgehead atoms. The van der Waals surface area contributed by atoms with Crippen LogP contribution in [0.25, 0.3) is 0 Å². The minimum absolute atomic E-state index is 0.128. The van der Waals surface area contributed by atoms with Gasteiger partial charge in [0.1, 0.15) is 5.76 Å². The smallest absolute Gasteiger partial charge is 0.360 e. The predicted octanol–water partition coefficient (Wildman–Crippen LogP) is 4.27. The Morgan fingerprint density at radius 1 is 1.23 bits per heavy atom. The van der Waals surface area contributed by atoms with Crippen LogP contribution in [0.5, 0.6) is 0 Å². The van der Waals surface area contributed by atoms with Gasteiger partial charge in [-0.15, -0.1) is 0 Å². The van der Waals surface area contributed by atoms with E-state index in [9.17, 15) is 4.57 Å². The SMILES string of the molecule is CCO[C@@H]1C[C@@H](c2ccccc2)C(P(=O)(OC)OC)=C(C)O1. The molecule has 0 saturated heterocycles. The number of ether oxygens (including phenoxy) is 2. The zero-order valence-electron chi connectivity index (χ0n) is 13.4. The summed E-state index contributed by atoms with van der Waals surface area (Å²) >= 11 is 0. The quantitative estimate of drug-likeness (QED) is 0.731. The Bertz CT molecular complexity index is 561. The fourth-order valence-electron chi connectivity index (χ4n) is 2.78. The molecule has 0 unspecified atom stereocenters. The van der Waals surface area contributed by atoms with Gasteiger partial charge in [-0.3, -0.25) is 4.57 Å².